The molecule has 3 heterocycles. The van der Waals surface area contributed by atoms with Gasteiger partial charge in [0, 0.05) is 34.3 Å². The van der Waals surface area contributed by atoms with E-state index in [2.05, 4.69) is 49.8 Å². The lowest BCUT2D eigenvalue weighted by molar-refractivity contribution is -0.0166. The molecule has 10 heteroatoms. The third-order valence-corrected chi connectivity index (χ3v) is 8.24. The number of nitrogens with one attached hydrogen (secondary N) is 1. The number of nitrogens with zero attached hydrogens (tertiary/aromatic N) is 5. The van der Waals surface area contributed by atoms with Gasteiger partial charge >= 0.3 is 0 Å². The molecule has 0 bridgehead atoms. The fraction of sp³-hybridized carbons (Fsp3) is 0.250. The maximum atomic E-state index is 11.1. The molecule has 194 valence electrons. The van der Waals surface area contributed by atoms with Crippen LogP contribution in [0, 0.1) is 0 Å². The van der Waals surface area contributed by atoms with Gasteiger partial charge in [-0.1, -0.05) is 48.0 Å². The zero-order valence-electron chi connectivity index (χ0n) is 20.7. The predicted molar refractivity (Wildman–Crippen MR) is 153 cm³/mol. The van der Waals surface area contributed by atoms with Gasteiger partial charge in [-0.25, -0.2) is 9.97 Å². The van der Waals surface area contributed by atoms with Crippen LogP contribution in [0.5, 0.6) is 0 Å². The SMILES string of the molecule is Nc1cnn(CC2(O)CCC(Nc3ncc(Cl)c(-c4cn(Sc5ccccc5)c5ccccc45)n3)CC2)c1. The van der Waals surface area contributed by atoms with E-state index in [1.807, 2.05) is 30.3 Å². The second kappa shape index (κ2) is 10.3. The van der Waals surface area contributed by atoms with Crippen LogP contribution in [-0.2, 0) is 6.54 Å². The summed E-state index contributed by atoms with van der Waals surface area (Å²) in [4.78, 5) is 10.5. The Bertz CT molecular complexity index is 1560. The third kappa shape index (κ3) is 5.22. The number of nitrogen functional groups attached to an aromatic ring is 1. The van der Waals surface area contributed by atoms with Crippen LogP contribution in [-0.4, -0.2) is 40.5 Å². The maximum Gasteiger partial charge on any atom is 0.223 e. The standard InChI is InChI=1S/C28H28ClN7OS/c29-24-15-31-27(33-20-10-12-28(37,13-11-20)18-35-16-19(30)14-32-35)34-26(24)23-17-36(25-9-5-4-8-22(23)25)38-21-6-2-1-3-7-21/h1-9,14-17,20,37H,10-13,18,30H2,(H,31,33,34). The van der Waals surface area contributed by atoms with E-state index in [1.165, 1.54) is 0 Å². The molecule has 1 saturated carbocycles. The van der Waals surface area contributed by atoms with Gasteiger partial charge in [0.05, 0.1) is 46.5 Å². The first-order chi connectivity index (χ1) is 18.5. The topological polar surface area (TPSA) is 107 Å². The Labute approximate surface area is 230 Å². The van der Waals surface area contributed by atoms with Crippen LogP contribution in [0.4, 0.5) is 11.6 Å². The van der Waals surface area contributed by atoms with Crippen LogP contribution < -0.4 is 11.1 Å². The quantitative estimate of drug-likeness (QED) is 0.235. The molecule has 5 aromatic rings. The van der Waals surface area contributed by atoms with Gasteiger partial charge in [0.1, 0.15) is 0 Å². The third-order valence-electron chi connectivity index (χ3n) is 6.98. The van der Waals surface area contributed by atoms with Crippen molar-refractivity contribution < 1.29 is 5.11 Å². The first kappa shape index (κ1) is 24.8. The molecular weight excluding hydrogens is 518 g/mol. The number of halogens is 1. The number of hydrogen-bond donors (Lipinski definition) is 3. The molecule has 1 fully saturated rings. The van der Waals surface area contributed by atoms with Crippen LogP contribution >= 0.6 is 23.5 Å². The van der Waals surface area contributed by atoms with Gasteiger partial charge in [0.25, 0.3) is 0 Å². The summed E-state index contributed by atoms with van der Waals surface area (Å²) in [5, 5.41) is 20.3. The molecule has 0 radical (unpaired) electrons. The number of benzene rings is 2. The van der Waals surface area contributed by atoms with E-state index in [4.69, 9.17) is 22.3 Å². The molecule has 0 unspecified atom stereocenters. The van der Waals surface area contributed by atoms with E-state index < -0.39 is 5.60 Å². The Balaban J connectivity index is 1.21. The number of hydrogen-bond acceptors (Lipinski definition) is 7. The Kier molecular flexibility index (Phi) is 6.73. The van der Waals surface area contributed by atoms with Crippen molar-refractivity contribution in [1.29, 1.82) is 0 Å². The normalized spacial score (nSPS) is 19.6. The number of anilines is 2. The average molecular weight is 546 g/mol. The summed E-state index contributed by atoms with van der Waals surface area (Å²) in [6.07, 6.45) is 9.98. The Morgan fingerprint density at radius 2 is 1.82 bits per heavy atom. The molecule has 8 nitrogen and oxygen atoms in total. The smallest absolute Gasteiger partial charge is 0.223 e. The lowest BCUT2D eigenvalue weighted by Crippen LogP contribution is -2.41. The summed E-state index contributed by atoms with van der Waals surface area (Å²) >= 11 is 8.29. The first-order valence-electron chi connectivity index (χ1n) is 12.6. The zero-order chi connectivity index (χ0) is 26.1. The minimum Gasteiger partial charge on any atom is -0.396 e. The number of rotatable bonds is 7. The minimum absolute atomic E-state index is 0.155. The highest BCUT2D eigenvalue weighted by atomic mass is 35.5. The van der Waals surface area contributed by atoms with Crippen LogP contribution in [0.3, 0.4) is 0 Å². The maximum absolute atomic E-state index is 11.1. The molecule has 6 rings (SSSR count). The molecule has 3 aromatic heterocycles. The minimum atomic E-state index is -0.805. The fourth-order valence-corrected chi connectivity index (χ4v) is 6.16. The monoisotopic (exact) mass is 545 g/mol. The molecular formula is C28H28ClN7OS. The number of fused-ring (bicyclic) bond motifs is 1. The van der Waals surface area contributed by atoms with Gasteiger partial charge < -0.3 is 16.2 Å². The molecule has 1 aliphatic carbocycles. The molecule has 0 saturated heterocycles. The molecule has 0 atom stereocenters. The van der Waals surface area contributed by atoms with E-state index in [0.29, 0.717) is 41.7 Å². The highest BCUT2D eigenvalue weighted by Crippen LogP contribution is 2.38. The molecule has 2 aromatic carbocycles. The van der Waals surface area contributed by atoms with Crippen LogP contribution in [0.15, 0.2) is 84.3 Å². The predicted octanol–water partition coefficient (Wildman–Crippen LogP) is 5.87. The van der Waals surface area contributed by atoms with Gasteiger partial charge in [-0.15, -0.1) is 0 Å². The van der Waals surface area contributed by atoms with Gasteiger partial charge in [-0.2, -0.15) is 5.10 Å². The van der Waals surface area contributed by atoms with E-state index in [0.717, 1.165) is 34.2 Å². The van der Waals surface area contributed by atoms with Crippen LogP contribution in [0.25, 0.3) is 22.2 Å². The summed E-state index contributed by atoms with van der Waals surface area (Å²) in [7, 11) is 0. The molecule has 4 N–H and O–H groups in total. The van der Waals surface area contributed by atoms with E-state index >= 15 is 0 Å². The van der Waals surface area contributed by atoms with Gasteiger partial charge in [-0.05, 0) is 55.8 Å². The van der Waals surface area contributed by atoms with E-state index in [-0.39, 0.29) is 6.04 Å². The second-order valence-corrected chi connectivity index (χ2v) is 11.2. The summed E-state index contributed by atoms with van der Waals surface area (Å²) in [6, 6.07) is 18.7. The lowest BCUT2D eigenvalue weighted by Gasteiger charge is -2.36. The largest absolute Gasteiger partial charge is 0.396 e. The van der Waals surface area contributed by atoms with Crippen molar-refractivity contribution in [3.05, 3.63) is 84.4 Å². The van der Waals surface area contributed by atoms with Crippen molar-refractivity contribution in [2.45, 2.75) is 48.8 Å². The summed E-state index contributed by atoms with van der Waals surface area (Å²) in [5.74, 6) is 0.534. The zero-order valence-corrected chi connectivity index (χ0v) is 22.2. The Morgan fingerprint density at radius 3 is 2.58 bits per heavy atom. The van der Waals surface area contributed by atoms with Crippen molar-refractivity contribution in [2.24, 2.45) is 0 Å². The van der Waals surface area contributed by atoms with Crippen molar-refractivity contribution in [2.75, 3.05) is 11.1 Å². The molecule has 0 aliphatic heterocycles. The average Bonchev–Trinajstić information content (AvgIpc) is 3.50. The molecule has 0 spiro atoms. The van der Waals surface area contributed by atoms with Gasteiger partial charge in [0.15, 0.2) is 0 Å². The van der Waals surface area contributed by atoms with Crippen molar-refractivity contribution in [3.63, 3.8) is 0 Å². The van der Waals surface area contributed by atoms with Crippen molar-refractivity contribution >= 4 is 46.1 Å². The summed E-state index contributed by atoms with van der Waals surface area (Å²) < 4.78 is 3.87. The fourth-order valence-electron chi connectivity index (χ4n) is 5.04. The van der Waals surface area contributed by atoms with Crippen LogP contribution in [0.1, 0.15) is 25.7 Å². The van der Waals surface area contributed by atoms with Crippen molar-refractivity contribution in [3.8, 4) is 11.3 Å². The molecule has 1 aliphatic rings. The van der Waals surface area contributed by atoms with Crippen LogP contribution in [0.2, 0.25) is 5.02 Å². The highest BCUT2D eigenvalue weighted by molar-refractivity contribution is 7.98. The lowest BCUT2D eigenvalue weighted by atomic mass is 9.82. The van der Waals surface area contributed by atoms with E-state index in [1.54, 1.807) is 35.2 Å². The Morgan fingerprint density at radius 1 is 1.05 bits per heavy atom. The van der Waals surface area contributed by atoms with Crippen molar-refractivity contribution in [1.82, 2.24) is 23.7 Å². The molecule has 0 amide bonds. The van der Waals surface area contributed by atoms with Gasteiger partial charge in [-0.3, -0.25) is 8.65 Å². The first-order valence-corrected chi connectivity index (χ1v) is 13.7. The Hall–Kier alpha value is -3.53. The number of aromatic nitrogens is 5. The summed E-state index contributed by atoms with van der Waals surface area (Å²) in [5.41, 5.74) is 8.29. The number of nitrogens with two attached hydrogens (primary N) is 1. The summed E-state index contributed by atoms with van der Waals surface area (Å²) in [6.45, 7) is 0.434. The number of para-hydroxylation sites is 1. The van der Waals surface area contributed by atoms with Gasteiger partial charge in [0.2, 0.25) is 5.95 Å². The number of aliphatic hydroxyl groups is 1. The highest BCUT2D eigenvalue weighted by Gasteiger charge is 2.34. The van der Waals surface area contributed by atoms with E-state index in [9.17, 15) is 5.11 Å². The molecule has 38 heavy (non-hydrogen) atoms. The second-order valence-electron chi connectivity index (χ2n) is 9.79.